The number of hydrogen-bond acceptors (Lipinski definition) is 3. The van der Waals surface area contributed by atoms with E-state index in [2.05, 4.69) is 10.6 Å². The lowest BCUT2D eigenvalue weighted by Crippen LogP contribution is -2.29. The molecule has 5 nitrogen and oxygen atoms in total. The summed E-state index contributed by atoms with van der Waals surface area (Å²) in [5.74, 6) is -0.406. The SMILES string of the molecule is COc1ccc(CCNC(=O)CC(=O)Nc2ccc(F)cc2)cc1. The number of benzene rings is 2. The molecule has 6 heteroatoms. The molecule has 0 spiro atoms. The van der Waals surface area contributed by atoms with Crippen molar-refractivity contribution in [3.05, 3.63) is 59.9 Å². The molecule has 2 aromatic rings. The third-order valence-corrected chi connectivity index (χ3v) is 3.34. The van der Waals surface area contributed by atoms with Gasteiger partial charge in [-0.15, -0.1) is 0 Å². The van der Waals surface area contributed by atoms with Crippen molar-refractivity contribution in [1.29, 1.82) is 0 Å². The van der Waals surface area contributed by atoms with E-state index in [1.807, 2.05) is 24.3 Å². The smallest absolute Gasteiger partial charge is 0.233 e. The van der Waals surface area contributed by atoms with Gasteiger partial charge in [-0.2, -0.15) is 0 Å². The number of hydrogen-bond donors (Lipinski definition) is 2. The van der Waals surface area contributed by atoms with E-state index in [9.17, 15) is 14.0 Å². The third-order valence-electron chi connectivity index (χ3n) is 3.34. The zero-order valence-corrected chi connectivity index (χ0v) is 13.3. The molecular formula is C18H19FN2O3. The van der Waals surface area contributed by atoms with Crippen LogP contribution in [0.4, 0.5) is 10.1 Å². The van der Waals surface area contributed by atoms with Gasteiger partial charge in [-0.25, -0.2) is 4.39 Å². The van der Waals surface area contributed by atoms with Crippen LogP contribution in [0.2, 0.25) is 0 Å². The van der Waals surface area contributed by atoms with Crippen molar-refractivity contribution in [1.82, 2.24) is 5.32 Å². The molecular weight excluding hydrogens is 311 g/mol. The minimum atomic E-state index is -0.441. The molecule has 0 saturated carbocycles. The Morgan fingerprint density at radius 2 is 1.67 bits per heavy atom. The fourth-order valence-electron chi connectivity index (χ4n) is 2.09. The van der Waals surface area contributed by atoms with Crippen molar-refractivity contribution < 1.29 is 18.7 Å². The van der Waals surface area contributed by atoms with Crippen LogP contribution in [-0.2, 0) is 16.0 Å². The van der Waals surface area contributed by atoms with Gasteiger partial charge in [-0.1, -0.05) is 12.1 Å². The van der Waals surface area contributed by atoms with Gasteiger partial charge < -0.3 is 15.4 Å². The lowest BCUT2D eigenvalue weighted by Gasteiger charge is -2.07. The zero-order valence-electron chi connectivity index (χ0n) is 13.3. The number of anilines is 1. The number of halogens is 1. The Balaban J connectivity index is 1.70. The van der Waals surface area contributed by atoms with E-state index in [4.69, 9.17) is 4.74 Å². The topological polar surface area (TPSA) is 67.4 Å². The highest BCUT2D eigenvalue weighted by Crippen LogP contribution is 2.11. The van der Waals surface area contributed by atoms with Crippen molar-refractivity contribution in [3.63, 3.8) is 0 Å². The Kier molecular flexibility index (Phi) is 6.31. The maximum absolute atomic E-state index is 12.8. The van der Waals surface area contributed by atoms with E-state index in [0.717, 1.165) is 11.3 Å². The van der Waals surface area contributed by atoms with Crippen LogP contribution >= 0.6 is 0 Å². The van der Waals surface area contributed by atoms with Gasteiger partial charge in [0.2, 0.25) is 11.8 Å². The number of carbonyl (C=O) groups is 2. The predicted molar refractivity (Wildman–Crippen MR) is 89.4 cm³/mol. The highest BCUT2D eigenvalue weighted by molar-refractivity contribution is 6.03. The van der Waals surface area contributed by atoms with Gasteiger partial charge in [-0.3, -0.25) is 9.59 Å². The quantitative estimate of drug-likeness (QED) is 0.767. The Hall–Kier alpha value is -2.89. The fourth-order valence-corrected chi connectivity index (χ4v) is 2.09. The summed E-state index contributed by atoms with van der Waals surface area (Å²) in [5, 5.41) is 5.24. The molecule has 0 unspecified atom stereocenters. The minimum absolute atomic E-state index is 0.278. The molecule has 2 N–H and O–H groups in total. The number of nitrogens with one attached hydrogen (secondary N) is 2. The average Bonchev–Trinajstić information content (AvgIpc) is 2.57. The van der Waals surface area contributed by atoms with E-state index in [1.165, 1.54) is 24.3 Å². The highest BCUT2D eigenvalue weighted by atomic mass is 19.1. The normalized spacial score (nSPS) is 10.1. The van der Waals surface area contributed by atoms with E-state index < -0.39 is 5.91 Å². The predicted octanol–water partition coefficient (Wildman–Crippen LogP) is 2.52. The second kappa shape index (κ2) is 8.67. The summed E-state index contributed by atoms with van der Waals surface area (Å²) in [7, 11) is 1.60. The maximum Gasteiger partial charge on any atom is 0.233 e. The fraction of sp³-hybridized carbons (Fsp3) is 0.222. The van der Waals surface area contributed by atoms with Crippen molar-refractivity contribution in [2.75, 3.05) is 19.0 Å². The van der Waals surface area contributed by atoms with Crippen LogP contribution in [0.15, 0.2) is 48.5 Å². The molecule has 0 fully saturated rings. The summed E-state index contributed by atoms with van der Waals surface area (Å²) in [6, 6.07) is 12.9. The average molecular weight is 330 g/mol. The first-order valence-corrected chi connectivity index (χ1v) is 7.52. The summed E-state index contributed by atoms with van der Waals surface area (Å²) in [5.41, 5.74) is 1.51. The minimum Gasteiger partial charge on any atom is -0.497 e. The van der Waals surface area contributed by atoms with Crippen LogP contribution in [0.25, 0.3) is 0 Å². The molecule has 0 radical (unpaired) electrons. The van der Waals surface area contributed by atoms with Crippen molar-refractivity contribution >= 4 is 17.5 Å². The molecule has 126 valence electrons. The van der Waals surface area contributed by atoms with Crippen molar-refractivity contribution in [3.8, 4) is 5.75 Å². The summed E-state index contributed by atoms with van der Waals surface area (Å²) >= 11 is 0. The molecule has 24 heavy (non-hydrogen) atoms. The lowest BCUT2D eigenvalue weighted by atomic mass is 10.1. The lowest BCUT2D eigenvalue weighted by molar-refractivity contribution is -0.126. The number of methoxy groups -OCH3 is 1. The Labute approximate surface area is 139 Å². The molecule has 0 aliphatic carbocycles. The summed E-state index contributed by atoms with van der Waals surface area (Å²) in [6.07, 6.45) is 0.384. The molecule has 0 aromatic heterocycles. The van der Waals surface area contributed by atoms with E-state index >= 15 is 0 Å². The monoisotopic (exact) mass is 330 g/mol. The van der Waals surface area contributed by atoms with Crippen LogP contribution in [0, 0.1) is 5.82 Å². The van der Waals surface area contributed by atoms with Crippen LogP contribution < -0.4 is 15.4 Å². The van der Waals surface area contributed by atoms with E-state index in [0.29, 0.717) is 18.7 Å². The molecule has 0 bridgehead atoms. The van der Waals surface area contributed by atoms with Gasteiger partial charge in [0.05, 0.1) is 7.11 Å². The number of rotatable bonds is 7. The van der Waals surface area contributed by atoms with Crippen LogP contribution in [0.3, 0.4) is 0 Å². The van der Waals surface area contributed by atoms with Gasteiger partial charge in [0.1, 0.15) is 18.0 Å². The van der Waals surface area contributed by atoms with Gasteiger partial charge in [0.15, 0.2) is 0 Å². The summed E-state index contributed by atoms with van der Waals surface area (Å²) < 4.78 is 17.8. The first-order chi connectivity index (χ1) is 11.6. The zero-order chi connectivity index (χ0) is 17.4. The first-order valence-electron chi connectivity index (χ1n) is 7.52. The molecule has 0 saturated heterocycles. The number of carbonyl (C=O) groups excluding carboxylic acids is 2. The van der Waals surface area contributed by atoms with Gasteiger partial charge >= 0.3 is 0 Å². The highest BCUT2D eigenvalue weighted by Gasteiger charge is 2.09. The third kappa shape index (κ3) is 5.72. The largest absolute Gasteiger partial charge is 0.497 e. The summed E-state index contributed by atoms with van der Waals surface area (Å²) in [6.45, 7) is 0.439. The second-order valence-corrected chi connectivity index (χ2v) is 5.18. The Morgan fingerprint density at radius 1 is 1.00 bits per heavy atom. The molecule has 0 heterocycles. The van der Waals surface area contributed by atoms with Crippen LogP contribution in [0.1, 0.15) is 12.0 Å². The van der Waals surface area contributed by atoms with Gasteiger partial charge in [0.25, 0.3) is 0 Å². The standard InChI is InChI=1S/C18H19FN2O3/c1-24-16-8-2-13(3-9-16)10-11-20-17(22)12-18(23)21-15-6-4-14(19)5-7-15/h2-9H,10-12H2,1H3,(H,20,22)(H,21,23). The number of ether oxygens (including phenoxy) is 1. The molecule has 2 rings (SSSR count). The van der Waals surface area contributed by atoms with E-state index in [-0.39, 0.29) is 18.1 Å². The van der Waals surface area contributed by atoms with Gasteiger partial charge in [-0.05, 0) is 48.4 Å². The molecule has 2 amide bonds. The van der Waals surface area contributed by atoms with Crippen molar-refractivity contribution in [2.45, 2.75) is 12.8 Å². The van der Waals surface area contributed by atoms with E-state index in [1.54, 1.807) is 7.11 Å². The summed E-state index contributed by atoms with van der Waals surface area (Å²) in [4.78, 5) is 23.5. The molecule has 2 aromatic carbocycles. The first kappa shape index (κ1) is 17.5. The Morgan fingerprint density at radius 3 is 2.29 bits per heavy atom. The molecule has 0 atom stereocenters. The molecule has 0 aliphatic rings. The van der Waals surface area contributed by atoms with Crippen molar-refractivity contribution in [2.24, 2.45) is 0 Å². The number of amides is 2. The second-order valence-electron chi connectivity index (χ2n) is 5.18. The molecule has 0 aliphatic heterocycles. The maximum atomic E-state index is 12.8. The van der Waals surface area contributed by atoms with Crippen LogP contribution in [0.5, 0.6) is 5.75 Å². The van der Waals surface area contributed by atoms with Crippen LogP contribution in [-0.4, -0.2) is 25.5 Å². The Bertz CT molecular complexity index is 684. The van der Waals surface area contributed by atoms with Gasteiger partial charge in [0, 0.05) is 12.2 Å².